The Labute approximate surface area is 182 Å². The number of nitrogens with two attached hydrogens (primary N) is 2. The van der Waals surface area contributed by atoms with Crippen molar-refractivity contribution < 1.29 is 19.7 Å². The summed E-state index contributed by atoms with van der Waals surface area (Å²) >= 11 is 0. The van der Waals surface area contributed by atoms with Crippen LogP contribution in [0.4, 0.5) is 11.6 Å². The van der Waals surface area contributed by atoms with E-state index in [1.54, 1.807) is 22.9 Å². The molecule has 4 aromatic rings. The number of fused-ring (bicyclic) bond motifs is 3. The van der Waals surface area contributed by atoms with E-state index < -0.39 is 30.1 Å². The second-order valence-corrected chi connectivity index (χ2v) is 8.39. The molecule has 10 nitrogen and oxygen atoms in total. The number of aliphatic hydroxyl groups excluding tert-OH is 1. The highest BCUT2D eigenvalue weighted by Gasteiger charge is 2.62. The quantitative estimate of drug-likeness (QED) is 0.374. The van der Waals surface area contributed by atoms with Gasteiger partial charge < -0.3 is 35.7 Å². The molecule has 1 saturated carbocycles. The molecule has 3 aromatic heterocycles. The van der Waals surface area contributed by atoms with E-state index in [1.165, 1.54) is 6.33 Å². The first-order chi connectivity index (χ1) is 15.4. The van der Waals surface area contributed by atoms with Crippen molar-refractivity contribution in [3.05, 3.63) is 48.9 Å². The zero-order valence-corrected chi connectivity index (χ0v) is 17.0. The van der Waals surface area contributed by atoms with Crippen molar-refractivity contribution in [3.8, 4) is 5.75 Å². The van der Waals surface area contributed by atoms with Gasteiger partial charge in [-0.05, 0) is 43.2 Å². The van der Waals surface area contributed by atoms with Crippen LogP contribution in [-0.2, 0) is 4.74 Å². The highest BCUT2D eigenvalue weighted by atomic mass is 16.6. The molecule has 4 heterocycles. The van der Waals surface area contributed by atoms with Crippen LogP contribution in [0.3, 0.4) is 0 Å². The third kappa shape index (κ3) is 2.73. The molecular weight excluding hydrogens is 412 g/mol. The minimum Gasteiger partial charge on any atom is -0.488 e. The monoisotopic (exact) mass is 434 g/mol. The normalized spacial score (nSPS) is 29.6. The zero-order valence-electron chi connectivity index (χ0n) is 17.0. The molecule has 164 valence electrons. The maximum Gasteiger partial charge on any atom is 0.164 e. The summed E-state index contributed by atoms with van der Waals surface area (Å²) in [4.78, 5) is 12.6. The van der Waals surface area contributed by atoms with Crippen molar-refractivity contribution in [1.29, 1.82) is 0 Å². The van der Waals surface area contributed by atoms with Gasteiger partial charge in [0.15, 0.2) is 6.23 Å². The van der Waals surface area contributed by atoms with E-state index in [1.807, 2.05) is 24.3 Å². The Balaban J connectivity index is 1.30. The van der Waals surface area contributed by atoms with Crippen molar-refractivity contribution >= 4 is 33.6 Å². The minimum absolute atomic E-state index is 0.340. The number of ether oxygens (including phenoxy) is 2. The van der Waals surface area contributed by atoms with Gasteiger partial charge in [-0.3, -0.25) is 0 Å². The number of nitrogen functional groups attached to an aromatic ring is 2. The summed E-state index contributed by atoms with van der Waals surface area (Å²) in [6.07, 6.45) is 0.806. The van der Waals surface area contributed by atoms with Gasteiger partial charge in [0.2, 0.25) is 0 Å². The zero-order chi connectivity index (χ0) is 22.0. The van der Waals surface area contributed by atoms with Crippen molar-refractivity contribution in [2.45, 2.75) is 43.0 Å². The van der Waals surface area contributed by atoms with E-state index in [0.29, 0.717) is 41.3 Å². The minimum atomic E-state index is -1.44. The predicted molar refractivity (Wildman–Crippen MR) is 117 cm³/mol. The molecule has 0 amide bonds. The Bertz CT molecular complexity index is 1340. The van der Waals surface area contributed by atoms with E-state index in [2.05, 4.69) is 15.0 Å². The summed E-state index contributed by atoms with van der Waals surface area (Å²) in [5.41, 5.74) is 11.5. The van der Waals surface area contributed by atoms with Crippen LogP contribution in [-0.4, -0.2) is 53.6 Å². The fourth-order valence-electron chi connectivity index (χ4n) is 4.88. The topological polar surface area (TPSA) is 155 Å². The molecule has 32 heavy (non-hydrogen) atoms. The molecule has 0 unspecified atom stereocenters. The lowest BCUT2D eigenvalue weighted by molar-refractivity contribution is -0.0791. The largest absolute Gasteiger partial charge is 0.488 e. The first kappa shape index (κ1) is 19.2. The lowest BCUT2D eigenvalue weighted by atomic mass is 9.94. The Morgan fingerprint density at radius 3 is 2.88 bits per heavy atom. The standard InChI is InChI=1S/C22H22N6O4/c23-16-4-2-11-1-3-12(9-14(11)27-16)31-15-5-7-22(30)17(29)21(32-18(15)22)28-8-6-13-19(24)25-10-26-20(13)28/h1-4,6,8-10,15,17-18,21,29-30H,5,7H2,(H2,23,27)(H2,24,25,26)/t15-,17-,18+,21+,22-/m0/s1. The molecule has 1 aliphatic carbocycles. The highest BCUT2D eigenvalue weighted by molar-refractivity contribution is 5.86. The van der Waals surface area contributed by atoms with Gasteiger partial charge in [-0.15, -0.1) is 0 Å². The molecule has 1 saturated heterocycles. The Hall–Kier alpha value is -3.47. The van der Waals surface area contributed by atoms with E-state index in [9.17, 15) is 10.2 Å². The number of aliphatic hydroxyl groups is 2. The van der Waals surface area contributed by atoms with Crippen LogP contribution in [0.2, 0.25) is 0 Å². The molecule has 1 aliphatic heterocycles. The smallest absolute Gasteiger partial charge is 0.164 e. The summed E-state index contributed by atoms with van der Waals surface area (Å²) in [6, 6.07) is 11.0. The molecule has 10 heteroatoms. The average Bonchev–Trinajstić information content (AvgIpc) is 3.41. The van der Waals surface area contributed by atoms with Gasteiger partial charge in [0.05, 0.1) is 10.9 Å². The third-order valence-corrected chi connectivity index (χ3v) is 6.51. The molecular formula is C22H22N6O4. The van der Waals surface area contributed by atoms with Crippen LogP contribution >= 0.6 is 0 Å². The van der Waals surface area contributed by atoms with Crippen molar-refractivity contribution in [1.82, 2.24) is 19.5 Å². The molecule has 2 fully saturated rings. The van der Waals surface area contributed by atoms with Crippen LogP contribution in [0, 0.1) is 0 Å². The van der Waals surface area contributed by atoms with Gasteiger partial charge in [0.1, 0.15) is 53.3 Å². The lowest BCUT2D eigenvalue weighted by Gasteiger charge is -2.26. The van der Waals surface area contributed by atoms with Gasteiger partial charge in [-0.25, -0.2) is 15.0 Å². The van der Waals surface area contributed by atoms with Crippen LogP contribution in [0.1, 0.15) is 19.1 Å². The SMILES string of the molecule is Nc1ccc2ccc(O[C@H]3CC[C@@]4(O)[C@@H]3O[C@@H](n3ccc5c(N)ncnc53)[C@@H]4O)cc2n1. The predicted octanol–water partition coefficient (Wildman–Crippen LogP) is 1.37. The van der Waals surface area contributed by atoms with Crippen molar-refractivity contribution in [2.75, 3.05) is 11.5 Å². The summed E-state index contributed by atoms with van der Waals surface area (Å²) in [5, 5.41) is 23.9. The summed E-state index contributed by atoms with van der Waals surface area (Å²) in [7, 11) is 0. The fourth-order valence-corrected chi connectivity index (χ4v) is 4.88. The summed E-state index contributed by atoms with van der Waals surface area (Å²) < 4.78 is 14.1. The second-order valence-electron chi connectivity index (χ2n) is 8.39. The number of anilines is 2. The average molecular weight is 434 g/mol. The highest BCUT2D eigenvalue weighted by Crippen LogP contribution is 2.48. The van der Waals surface area contributed by atoms with Gasteiger partial charge in [0, 0.05) is 17.6 Å². The molecule has 2 aliphatic rings. The number of benzene rings is 1. The molecule has 0 bridgehead atoms. The van der Waals surface area contributed by atoms with Gasteiger partial charge in [-0.1, -0.05) is 0 Å². The Morgan fingerprint density at radius 2 is 2.00 bits per heavy atom. The molecule has 0 spiro atoms. The van der Waals surface area contributed by atoms with E-state index >= 15 is 0 Å². The van der Waals surface area contributed by atoms with Crippen molar-refractivity contribution in [3.63, 3.8) is 0 Å². The van der Waals surface area contributed by atoms with Crippen LogP contribution in [0.5, 0.6) is 5.75 Å². The van der Waals surface area contributed by atoms with Gasteiger partial charge >= 0.3 is 0 Å². The third-order valence-electron chi connectivity index (χ3n) is 6.51. The van der Waals surface area contributed by atoms with Crippen LogP contribution < -0.4 is 16.2 Å². The Kier molecular flexibility index (Phi) is 4.06. The first-order valence-corrected chi connectivity index (χ1v) is 10.4. The molecule has 1 aromatic carbocycles. The molecule has 6 rings (SSSR count). The van der Waals surface area contributed by atoms with Crippen LogP contribution in [0.25, 0.3) is 21.9 Å². The fraction of sp³-hybridized carbons (Fsp3) is 0.318. The number of hydrogen-bond acceptors (Lipinski definition) is 9. The van der Waals surface area contributed by atoms with E-state index in [-0.39, 0.29) is 0 Å². The molecule has 0 radical (unpaired) electrons. The van der Waals surface area contributed by atoms with Gasteiger partial charge in [0.25, 0.3) is 0 Å². The first-order valence-electron chi connectivity index (χ1n) is 10.4. The van der Waals surface area contributed by atoms with E-state index in [4.69, 9.17) is 20.9 Å². The van der Waals surface area contributed by atoms with Crippen LogP contribution in [0.15, 0.2) is 48.9 Å². The Morgan fingerprint density at radius 1 is 1.16 bits per heavy atom. The number of hydrogen-bond donors (Lipinski definition) is 4. The maximum atomic E-state index is 11.3. The van der Waals surface area contributed by atoms with Crippen molar-refractivity contribution in [2.24, 2.45) is 0 Å². The molecule has 6 N–H and O–H groups in total. The lowest BCUT2D eigenvalue weighted by Crippen LogP contribution is -2.47. The number of aromatic nitrogens is 4. The van der Waals surface area contributed by atoms with E-state index in [0.717, 1.165) is 10.9 Å². The summed E-state index contributed by atoms with van der Waals surface area (Å²) in [6.45, 7) is 0. The maximum absolute atomic E-state index is 11.3. The molecule has 5 atom stereocenters. The number of rotatable bonds is 3. The van der Waals surface area contributed by atoms with Gasteiger partial charge in [-0.2, -0.15) is 0 Å². The second kappa shape index (κ2) is 6.76. The number of pyridine rings is 1. The summed E-state index contributed by atoms with van der Waals surface area (Å²) in [5.74, 6) is 1.36. The number of nitrogens with zero attached hydrogens (tertiary/aromatic N) is 4.